The number of nitrogens with zero attached hydrogens (tertiary/aromatic N) is 2. The molecule has 1 aromatic heterocycles. The summed E-state index contributed by atoms with van der Waals surface area (Å²) >= 11 is 0. The Morgan fingerprint density at radius 2 is 2.00 bits per heavy atom. The van der Waals surface area contributed by atoms with E-state index in [0.717, 1.165) is 53.8 Å². The van der Waals surface area contributed by atoms with Gasteiger partial charge in [0, 0.05) is 53.0 Å². The molecule has 0 spiro atoms. The number of fused-ring (bicyclic) bond motifs is 1. The molecule has 0 radical (unpaired) electrons. The molecule has 4 N–H and O–H groups in total. The highest BCUT2D eigenvalue weighted by Gasteiger charge is 2.24. The van der Waals surface area contributed by atoms with Crippen molar-refractivity contribution in [3.8, 4) is 0 Å². The average molecular weight is 284 g/mol. The molecule has 0 bridgehead atoms. The fourth-order valence-electron chi connectivity index (χ4n) is 3.03. The van der Waals surface area contributed by atoms with Gasteiger partial charge in [-0.25, -0.2) is 0 Å². The molecule has 1 fully saturated rings. The van der Waals surface area contributed by atoms with Crippen LogP contribution < -0.4 is 16.4 Å². The van der Waals surface area contributed by atoms with Crippen LogP contribution in [0.1, 0.15) is 18.5 Å². The van der Waals surface area contributed by atoms with Crippen molar-refractivity contribution in [1.82, 2.24) is 4.98 Å². The number of rotatable bonds is 2. The van der Waals surface area contributed by atoms with E-state index in [1.165, 1.54) is 0 Å². The zero-order valence-electron chi connectivity index (χ0n) is 12.2. The van der Waals surface area contributed by atoms with Gasteiger partial charge in [0.05, 0.1) is 0 Å². The largest absolute Gasteiger partial charge is 0.398 e. The first kappa shape index (κ1) is 13.7. The Kier molecular flexibility index (Phi) is 3.41. The van der Waals surface area contributed by atoms with E-state index in [-0.39, 0.29) is 11.8 Å². The minimum Gasteiger partial charge on any atom is -0.398 e. The van der Waals surface area contributed by atoms with E-state index in [1.807, 2.05) is 19.2 Å². The second kappa shape index (κ2) is 5.24. The van der Waals surface area contributed by atoms with Crippen molar-refractivity contribution in [1.29, 1.82) is 0 Å². The fraction of sp³-hybridized carbons (Fsp3) is 0.375. The number of primary amides is 1. The SMILES string of the molecule is Cc1cc2c(N3CCC(C(N)=O)CC3)ccc(N)c2cn1. The molecule has 2 aromatic rings. The van der Waals surface area contributed by atoms with Gasteiger partial charge in [0.25, 0.3) is 0 Å². The van der Waals surface area contributed by atoms with Crippen molar-refractivity contribution in [3.63, 3.8) is 0 Å². The van der Waals surface area contributed by atoms with Gasteiger partial charge < -0.3 is 16.4 Å². The summed E-state index contributed by atoms with van der Waals surface area (Å²) in [7, 11) is 0. The van der Waals surface area contributed by atoms with Gasteiger partial charge >= 0.3 is 0 Å². The molecule has 2 heterocycles. The highest BCUT2D eigenvalue weighted by molar-refractivity contribution is 6.01. The second-order valence-electron chi connectivity index (χ2n) is 5.71. The summed E-state index contributed by atoms with van der Waals surface area (Å²) in [5.41, 5.74) is 14.3. The van der Waals surface area contributed by atoms with Crippen LogP contribution in [0.4, 0.5) is 11.4 Å². The van der Waals surface area contributed by atoms with E-state index in [0.29, 0.717) is 0 Å². The van der Waals surface area contributed by atoms with Crippen LogP contribution in [0.3, 0.4) is 0 Å². The molecule has 110 valence electrons. The van der Waals surface area contributed by atoms with E-state index in [2.05, 4.69) is 22.0 Å². The Morgan fingerprint density at radius 3 is 2.67 bits per heavy atom. The quantitative estimate of drug-likeness (QED) is 0.824. The van der Waals surface area contributed by atoms with Crippen LogP contribution in [0.15, 0.2) is 24.4 Å². The lowest BCUT2D eigenvalue weighted by Crippen LogP contribution is -2.38. The first-order valence-electron chi connectivity index (χ1n) is 7.25. The second-order valence-corrected chi connectivity index (χ2v) is 5.71. The summed E-state index contributed by atoms with van der Waals surface area (Å²) < 4.78 is 0. The molecule has 5 nitrogen and oxygen atoms in total. The van der Waals surface area contributed by atoms with Gasteiger partial charge in [-0.2, -0.15) is 0 Å². The van der Waals surface area contributed by atoms with Crippen molar-refractivity contribution >= 4 is 28.1 Å². The van der Waals surface area contributed by atoms with Gasteiger partial charge in [0.2, 0.25) is 5.91 Å². The minimum absolute atomic E-state index is 0.00435. The summed E-state index contributed by atoms with van der Waals surface area (Å²) in [6.07, 6.45) is 3.45. The van der Waals surface area contributed by atoms with Crippen molar-refractivity contribution in [2.75, 3.05) is 23.7 Å². The van der Waals surface area contributed by atoms with Crippen molar-refractivity contribution in [3.05, 3.63) is 30.1 Å². The molecule has 3 rings (SSSR count). The number of nitrogen functional groups attached to an aromatic ring is 1. The topological polar surface area (TPSA) is 85.2 Å². The lowest BCUT2D eigenvalue weighted by Gasteiger charge is -2.33. The number of aryl methyl sites for hydroxylation is 1. The summed E-state index contributed by atoms with van der Waals surface area (Å²) in [4.78, 5) is 17.9. The lowest BCUT2D eigenvalue weighted by molar-refractivity contribution is -0.122. The molecule has 0 saturated carbocycles. The first-order valence-corrected chi connectivity index (χ1v) is 7.25. The Hall–Kier alpha value is -2.30. The first-order chi connectivity index (χ1) is 10.1. The third kappa shape index (κ3) is 2.51. The number of hydrogen-bond acceptors (Lipinski definition) is 4. The highest BCUT2D eigenvalue weighted by Crippen LogP contribution is 2.33. The third-order valence-corrected chi connectivity index (χ3v) is 4.29. The van der Waals surface area contributed by atoms with E-state index in [9.17, 15) is 4.79 Å². The highest BCUT2D eigenvalue weighted by atomic mass is 16.1. The summed E-state index contributed by atoms with van der Waals surface area (Å²) in [6, 6.07) is 6.05. The van der Waals surface area contributed by atoms with Crippen molar-refractivity contribution < 1.29 is 4.79 Å². The van der Waals surface area contributed by atoms with E-state index in [1.54, 1.807) is 0 Å². The monoisotopic (exact) mass is 284 g/mol. The lowest BCUT2D eigenvalue weighted by atomic mass is 9.95. The van der Waals surface area contributed by atoms with Gasteiger partial charge in [-0.1, -0.05) is 0 Å². The molecule has 0 atom stereocenters. The number of benzene rings is 1. The Morgan fingerprint density at radius 1 is 1.29 bits per heavy atom. The Bertz CT molecular complexity index is 690. The zero-order chi connectivity index (χ0) is 15.0. The maximum absolute atomic E-state index is 11.3. The molecule has 21 heavy (non-hydrogen) atoms. The number of nitrogens with two attached hydrogens (primary N) is 2. The van der Waals surface area contributed by atoms with Gasteiger partial charge in [-0.15, -0.1) is 0 Å². The molecule has 0 aliphatic carbocycles. The van der Waals surface area contributed by atoms with Crippen molar-refractivity contribution in [2.24, 2.45) is 11.7 Å². The van der Waals surface area contributed by atoms with Crippen LogP contribution in [0, 0.1) is 12.8 Å². The van der Waals surface area contributed by atoms with Gasteiger partial charge in [0.1, 0.15) is 0 Å². The summed E-state index contributed by atoms with van der Waals surface area (Å²) in [5, 5.41) is 2.11. The normalized spacial score (nSPS) is 16.3. The van der Waals surface area contributed by atoms with E-state index >= 15 is 0 Å². The maximum Gasteiger partial charge on any atom is 0.220 e. The van der Waals surface area contributed by atoms with Crippen LogP contribution in [-0.2, 0) is 4.79 Å². The number of piperidine rings is 1. The minimum atomic E-state index is -0.183. The summed E-state index contributed by atoms with van der Waals surface area (Å²) in [6.45, 7) is 3.66. The molecule has 0 unspecified atom stereocenters. The molecular weight excluding hydrogens is 264 g/mol. The fourth-order valence-corrected chi connectivity index (χ4v) is 3.03. The predicted molar refractivity (Wildman–Crippen MR) is 85.0 cm³/mol. The number of pyridine rings is 1. The molecule has 5 heteroatoms. The van der Waals surface area contributed by atoms with Crippen LogP contribution in [0.2, 0.25) is 0 Å². The predicted octanol–water partition coefficient (Wildman–Crippen LogP) is 1.83. The average Bonchev–Trinajstić information content (AvgIpc) is 2.47. The maximum atomic E-state index is 11.3. The van der Waals surface area contributed by atoms with Crippen LogP contribution in [0.25, 0.3) is 10.8 Å². The number of carbonyl (C=O) groups excluding carboxylic acids is 1. The smallest absolute Gasteiger partial charge is 0.220 e. The van der Waals surface area contributed by atoms with Crippen LogP contribution in [0.5, 0.6) is 0 Å². The number of aromatic nitrogens is 1. The Balaban J connectivity index is 1.96. The Labute approximate surface area is 123 Å². The van der Waals surface area contributed by atoms with Gasteiger partial charge in [0.15, 0.2) is 0 Å². The molecule has 1 saturated heterocycles. The number of carbonyl (C=O) groups is 1. The van der Waals surface area contributed by atoms with Gasteiger partial charge in [-0.05, 0) is 38.0 Å². The zero-order valence-corrected chi connectivity index (χ0v) is 12.2. The molecule has 1 aliphatic heterocycles. The molecule has 1 aliphatic rings. The number of amides is 1. The van der Waals surface area contributed by atoms with Gasteiger partial charge in [-0.3, -0.25) is 9.78 Å². The van der Waals surface area contributed by atoms with Crippen LogP contribution >= 0.6 is 0 Å². The van der Waals surface area contributed by atoms with E-state index < -0.39 is 0 Å². The van der Waals surface area contributed by atoms with E-state index in [4.69, 9.17) is 11.5 Å². The molecule has 1 aromatic carbocycles. The standard InChI is InChI=1S/C16H20N4O/c1-10-8-12-13(9-19-10)14(17)2-3-15(12)20-6-4-11(5-7-20)16(18)21/h2-3,8-9,11H,4-7,17H2,1H3,(H2,18,21). The summed E-state index contributed by atoms with van der Waals surface area (Å²) in [5.74, 6) is -0.179. The van der Waals surface area contributed by atoms with Crippen LogP contribution in [-0.4, -0.2) is 24.0 Å². The van der Waals surface area contributed by atoms with Crippen molar-refractivity contribution in [2.45, 2.75) is 19.8 Å². The molecule has 1 amide bonds. The molecular formula is C16H20N4O. The third-order valence-electron chi connectivity index (χ3n) is 4.29. The number of anilines is 2. The number of hydrogen-bond donors (Lipinski definition) is 2.